The van der Waals surface area contributed by atoms with Gasteiger partial charge in [-0.1, -0.05) is 0 Å². The zero-order valence-corrected chi connectivity index (χ0v) is 7.63. The van der Waals surface area contributed by atoms with Gasteiger partial charge in [0.05, 0.1) is 0 Å². The number of anilines is 3. The minimum Gasteiger partial charge on any atom is -0.369 e. The zero-order valence-electron chi connectivity index (χ0n) is 7.63. The summed E-state index contributed by atoms with van der Waals surface area (Å²) in [4.78, 5) is 27.6. The quantitative estimate of drug-likeness (QED) is 0.479. The largest absolute Gasteiger partial charge is 0.369 e. The third-order valence-corrected chi connectivity index (χ3v) is 1.49. The monoisotopic (exact) mass is 197 g/mol. The molecule has 5 N–H and O–H groups in total. The number of carbonyl (C=O) groups is 1. The van der Waals surface area contributed by atoms with Gasteiger partial charge in [0.2, 0.25) is 12.4 Å². The molecule has 1 rings (SSSR count). The van der Waals surface area contributed by atoms with Gasteiger partial charge in [-0.2, -0.15) is 4.98 Å². The third kappa shape index (κ3) is 2.00. The molecule has 7 heteroatoms. The van der Waals surface area contributed by atoms with E-state index in [0.717, 1.165) is 0 Å². The van der Waals surface area contributed by atoms with Gasteiger partial charge in [-0.3, -0.25) is 14.6 Å². The number of nitrogens with one attached hydrogen (secondary N) is 3. The van der Waals surface area contributed by atoms with Crippen LogP contribution in [-0.4, -0.2) is 22.9 Å². The summed E-state index contributed by atoms with van der Waals surface area (Å²) in [6.45, 7) is 2.41. The van der Waals surface area contributed by atoms with Gasteiger partial charge >= 0.3 is 0 Å². The average Bonchev–Trinajstić information content (AvgIpc) is 2.11. The molecule has 0 aromatic carbocycles. The lowest BCUT2D eigenvalue weighted by Gasteiger charge is -2.07. The van der Waals surface area contributed by atoms with Crippen molar-refractivity contribution >= 4 is 23.9 Å². The topological polar surface area (TPSA) is 113 Å². The molecule has 0 aliphatic carbocycles. The van der Waals surface area contributed by atoms with Crippen molar-refractivity contribution in [2.45, 2.75) is 6.92 Å². The van der Waals surface area contributed by atoms with Gasteiger partial charge < -0.3 is 16.4 Å². The van der Waals surface area contributed by atoms with Crippen molar-refractivity contribution < 1.29 is 4.79 Å². The number of carbonyl (C=O) groups excluding carboxylic acids is 1. The third-order valence-electron chi connectivity index (χ3n) is 1.49. The first-order chi connectivity index (χ1) is 6.69. The van der Waals surface area contributed by atoms with E-state index in [2.05, 4.69) is 20.6 Å². The molecule has 0 saturated heterocycles. The summed E-state index contributed by atoms with van der Waals surface area (Å²) in [6, 6.07) is 0. The highest BCUT2D eigenvalue weighted by atomic mass is 16.1. The van der Waals surface area contributed by atoms with E-state index < -0.39 is 5.56 Å². The van der Waals surface area contributed by atoms with Crippen LogP contribution in [0.15, 0.2) is 4.79 Å². The Kier molecular flexibility index (Phi) is 3.05. The fourth-order valence-electron chi connectivity index (χ4n) is 0.979. The van der Waals surface area contributed by atoms with Gasteiger partial charge in [-0.25, -0.2) is 0 Å². The summed E-state index contributed by atoms with van der Waals surface area (Å²) in [5, 5.41) is 5.06. The number of hydrogen-bond donors (Lipinski definition) is 4. The number of nitrogens with zero attached hydrogens (tertiary/aromatic N) is 1. The molecule has 0 fully saturated rings. The molecule has 14 heavy (non-hydrogen) atoms. The Labute approximate surface area is 79.7 Å². The van der Waals surface area contributed by atoms with Crippen LogP contribution in [0, 0.1) is 0 Å². The van der Waals surface area contributed by atoms with Crippen LogP contribution in [0.1, 0.15) is 6.92 Å². The van der Waals surface area contributed by atoms with Crippen molar-refractivity contribution in [3.8, 4) is 0 Å². The first kappa shape index (κ1) is 10.0. The van der Waals surface area contributed by atoms with Crippen LogP contribution < -0.4 is 21.9 Å². The minimum atomic E-state index is -0.486. The predicted octanol–water partition coefficient (Wildman–Crippen LogP) is -0.648. The molecule has 0 bridgehead atoms. The van der Waals surface area contributed by atoms with Crippen molar-refractivity contribution in [2.75, 3.05) is 22.9 Å². The molecule has 0 saturated carbocycles. The fourth-order valence-corrected chi connectivity index (χ4v) is 0.979. The lowest BCUT2D eigenvalue weighted by atomic mass is 10.4. The number of H-pyrrole nitrogens is 1. The number of amides is 1. The van der Waals surface area contributed by atoms with E-state index in [4.69, 9.17) is 5.73 Å². The van der Waals surface area contributed by atoms with Gasteiger partial charge in [0.1, 0.15) is 5.69 Å². The molecular formula is C7H11N5O2. The fraction of sp³-hybridized carbons (Fsp3) is 0.286. The average molecular weight is 197 g/mol. The maximum atomic E-state index is 11.3. The van der Waals surface area contributed by atoms with Crippen molar-refractivity contribution in [3.05, 3.63) is 10.4 Å². The number of nitrogens with two attached hydrogens (primary N) is 1. The van der Waals surface area contributed by atoms with Gasteiger partial charge in [0.25, 0.3) is 5.56 Å². The Bertz CT molecular complexity index is 386. The summed E-state index contributed by atoms with van der Waals surface area (Å²) in [5.74, 6) is 0.267. The second-order valence-electron chi connectivity index (χ2n) is 2.47. The van der Waals surface area contributed by atoms with Crippen molar-refractivity contribution in [3.63, 3.8) is 0 Å². The molecule has 0 atom stereocenters. The maximum Gasteiger partial charge on any atom is 0.278 e. The molecule has 1 heterocycles. The lowest BCUT2D eigenvalue weighted by Crippen LogP contribution is -2.19. The molecule has 7 nitrogen and oxygen atoms in total. The van der Waals surface area contributed by atoms with Crippen molar-refractivity contribution in [1.82, 2.24) is 9.97 Å². The molecule has 0 aliphatic rings. The van der Waals surface area contributed by atoms with Crippen LogP contribution in [0.4, 0.5) is 17.5 Å². The molecule has 0 spiro atoms. The highest BCUT2D eigenvalue weighted by molar-refractivity contribution is 5.78. The first-order valence-electron chi connectivity index (χ1n) is 4.03. The van der Waals surface area contributed by atoms with E-state index in [-0.39, 0.29) is 17.5 Å². The molecular weight excluding hydrogens is 186 g/mol. The number of aromatic amines is 1. The number of nitrogen functional groups attached to an aromatic ring is 1. The molecule has 1 amide bonds. The van der Waals surface area contributed by atoms with Crippen molar-refractivity contribution in [1.29, 1.82) is 0 Å². The summed E-state index contributed by atoms with van der Waals surface area (Å²) in [7, 11) is 0. The summed E-state index contributed by atoms with van der Waals surface area (Å²) in [5.41, 5.74) is 4.91. The van der Waals surface area contributed by atoms with E-state index in [1.807, 2.05) is 6.92 Å². The standard InChI is InChI=1S/C7H11N5O2/c1-2-9-5-4(10-3-13)6(14)12-7(8)11-5/h3H,2H2,1H3,(H,10,13)(H4,8,9,11,12,14). The Morgan fingerprint density at radius 2 is 2.36 bits per heavy atom. The van der Waals surface area contributed by atoms with Gasteiger partial charge in [0.15, 0.2) is 5.82 Å². The smallest absolute Gasteiger partial charge is 0.278 e. The number of rotatable bonds is 4. The van der Waals surface area contributed by atoms with Gasteiger partial charge in [0, 0.05) is 6.54 Å². The van der Waals surface area contributed by atoms with Gasteiger partial charge in [-0.05, 0) is 6.92 Å². The van der Waals surface area contributed by atoms with E-state index in [1.54, 1.807) is 0 Å². The molecule has 0 aliphatic heterocycles. The summed E-state index contributed by atoms with van der Waals surface area (Å²) < 4.78 is 0. The van der Waals surface area contributed by atoms with Gasteiger partial charge in [-0.15, -0.1) is 0 Å². The Hall–Kier alpha value is -2.05. The van der Waals surface area contributed by atoms with Crippen LogP contribution in [-0.2, 0) is 4.79 Å². The molecule has 76 valence electrons. The molecule has 1 aromatic heterocycles. The summed E-state index contributed by atoms with van der Waals surface area (Å²) >= 11 is 0. The van der Waals surface area contributed by atoms with Crippen LogP contribution in [0.5, 0.6) is 0 Å². The normalized spacial score (nSPS) is 9.50. The highest BCUT2D eigenvalue weighted by Crippen LogP contribution is 2.12. The van der Waals surface area contributed by atoms with Crippen LogP contribution in [0.25, 0.3) is 0 Å². The lowest BCUT2D eigenvalue weighted by molar-refractivity contribution is -0.105. The van der Waals surface area contributed by atoms with E-state index in [1.165, 1.54) is 0 Å². The molecule has 0 unspecified atom stereocenters. The molecule has 1 aromatic rings. The maximum absolute atomic E-state index is 11.3. The van der Waals surface area contributed by atoms with E-state index in [0.29, 0.717) is 13.0 Å². The number of hydrogen-bond acceptors (Lipinski definition) is 5. The Morgan fingerprint density at radius 1 is 1.64 bits per heavy atom. The Balaban J connectivity index is 3.21. The second kappa shape index (κ2) is 4.26. The molecule has 0 radical (unpaired) electrons. The summed E-state index contributed by atoms with van der Waals surface area (Å²) in [6.07, 6.45) is 0.406. The van der Waals surface area contributed by atoms with Crippen LogP contribution >= 0.6 is 0 Å². The highest BCUT2D eigenvalue weighted by Gasteiger charge is 2.08. The predicted molar refractivity (Wildman–Crippen MR) is 53.1 cm³/mol. The van der Waals surface area contributed by atoms with Crippen LogP contribution in [0.3, 0.4) is 0 Å². The Morgan fingerprint density at radius 3 is 2.93 bits per heavy atom. The zero-order chi connectivity index (χ0) is 10.6. The second-order valence-corrected chi connectivity index (χ2v) is 2.47. The van der Waals surface area contributed by atoms with E-state index >= 15 is 0 Å². The SMILES string of the molecule is CCNc1nc(N)[nH]c(=O)c1NC=O. The number of aromatic nitrogens is 2. The first-order valence-corrected chi connectivity index (χ1v) is 4.03. The minimum absolute atomic E-state index is 0.00222. The van der Waals surface area contributed by atoms with Crippen LogP contribution in [0.2, 0.25) is 0 Å². The van der Waals surface area contributed by atoms with E-state index in [9.17, 15) is 9.59 Å². The van der Waals surface area contributed by atoms with Crippen molar-refractivity contribution in [2.24, 2.45) is 0 Å².